The minimum absolute atomic E-state index is 0.213. The van der Waals surface area contributed by atoms with E-state index in [1.807, 2.05) is 7.11 Å². The Morgan fingerprint density at radius 1 is 1.33 bits per heavy atom. The predicted octanol–water partition coefficient (Wildman–Crippen LogP) is 2.85. The number of hydrogen-bond acceptors (Lipinski definition) is 1. The van der Waals surface area contributed by atoms with E-state index in [0.29, 0.717) is 5.41 Å². The molecule has 0 aromatic carbocycles. The van der Waals surface area contributed by atoms with Crippen molar-refractivity contribution in [3.05, 3.63) is 0 Å². The first-order valence-electron chi connectivity index (χ1n) is 5.10. The topological polar surface area (TPSA) is 9.23 Å². The standard InChI is InChI=1S/C11H20O/c1-8(2)11-6-5-10(3,12-4)9(11)7-11/h8-9H,5-7H2,1-4H3/t9-,10-,11+/m0/s1. The van der Waals surface area contributed by atoms with Crippen LogP contribution in [0.15, 0.2) is 0 Å². The molecular weight excluding hydrogens is 148 g/mol. The summed E-state index contributed by atoms with van der Waals surface area (Å²) in [5, 5.41) is 0. The fourth-order valence-electron chi connectivity index (χ4n) is 3.25. The highest BCUT2D eigenvalue weighted by molar-refractivity contribution is 5.17. The summed E-state index contributed by atoms with van der Waals surface area (Å²) < 4.78 is 5.63. The van der Waals surface area contributed by atoms with Gasteiger partial charge < -0.3 is 4.74 Å². The van der Waals surface area contributed by atoms with Crippen LogP contribution in [0.1, 0.15) is 40.0 Å². The van der Waals surface area contributed by atoms with Gasteiger partial charge in [0.25, 0.3) is 0 Å². The van der Waals surface area contributed by atoms with Gasteiger partial charge in [-0.05, 0) is 43.4 Å². The van der Waals surface area contributed by atoms with E-state index in [9.17, 15) is 0 Å². The van der Waals surface area contributed by atoms with Crippen molar-refractivity contribution in [1.82, 2.24) is 0 Å². The molecule has 12 heavy (non-hydrogen) atoms. The quantitative estimate of drug-likeness (QED) is 0.616. The van der Waals surface area contributed by atoms with Crippen LogP contribution in [0.3, 0.4) is 0 Å². The maximum Gasteiger partial charge on any atom is 0.0684 e. The average Bonchev–Trinajstić information content (AvgIpc) is 2.72. The van der Waals surface area contributed by atoms with Crippen LogP contribution in [0, 0.1) is 17.3 Å². The molecule has 0 aromatic rings. The monoisotopic (exact) mass is 168 g/mol. The third-order valence-corrected chi connectivity index (χ3v) is 4.56. The van der Waals surface area contributed by atoms with Crippen LogP contribution in [0.5, 0.6) is 0 Å². The van der Waals surface area contributed by atoms with E-state index in [4.69, 9.17) is 4.74 Å². The van der Waals surface area contributed by atoms with Gasteiger partial charge >= 0.3 is 0 Å². The molecule has 1 nitrogen and oxygen atoms in total. The Balaban J connectivity index is 2.15. The summed E-state index contributed by atoms with van der Waals surface area (Å²) in [5.41, 5.74) is 0.884. The second-order valence-electron chi connectivity index (χ2n) is 5.16. The maximum absolute atomic E-state index is 5.63. The lowest BCUT2D eigenvalue weighted by atomic mass is 9.90. The summed E-state index contributed by atoms with van der Waals surface area (Å²) in [6, 6.07) is 0. The van der Waals surface area contributed by atoms with Crippen molar-refractivity contribution in [3.8, 4) is 0 Å². The Kier molecular flexibility index (Phi) is 1.61. The van der Waals surface area contributed by atoms with E-state index in [0.717, 1.165) is 11.8 Å². The van der Waals surface area contributed by atoms with E-state index in [2.05, 4.69) is 20.8 Å². The van der Waals surface area contributed by atoms with Crippen molar-refractivity contribution in [2.45, 2.75) is 45.6 Å². The molecule has 0 bridgehead atoms. The van der Waals surface area contributed by atoms with Crippen LogP contribution in [0.25, 0.3) is 0 Å². The lowest BCUT2D eigenvalue weighted by molar-refractivity contribution is -0.00818. The first-order valence-corrected chi connectivity index (χ1v) is 5.10. The van der Waals surface area contributed by atoms with E-state index < -0.39 is 0 Å². The number of hydrogen-bond donors (Lipinski definition) is 0. The van der Waals surface area contributed by atoms with Crippen LogP contribution in [0.4, 0.5) is 0 Å². The maximum atomic E-state index is 5.63. The lowest BCUT2D eigenvalue weighted by Crippen LogP contribution is -2.27. The molecule has 2 fully saturated rings. The van der Waals surface area contributed by atoms with Gasteiger partial charge in [-0.3, -0.25) is 0 Å². The van der Waals surface area contributed by atoms with Crippen LogP contribution in [0.2, 0.25) is 0 Å². The van der Waals surface area contributed by atoms with Crippen LogP contribution >= 0.6 is 0 Å². The van der Waals surface area contributed by atoms with Crippen LogP contribution < -0.4 is 0 Å². The van der Waals surface area contributed by atoms with Crippen molar-refractivity contribution in [1.29, 1.82) is 0 Å². The minimum Gasteiger partial charge on any atom is -0.378 e. The molecule has 0 radical (unpaired) electrons. The van der Waals surface area contributed by atoms with Crippen LogP contribution in [-0.2, 0) is 4.74 Å². The van der Waals surface area contributed by atoms with Gasteiger partial charge in [-0.25, -0.2) is 0 Å². The summed E-state index contributed by atoms with van der Waals surface area (Å²) in [4.78, 5) is 0. The Bertz CT molecular complexity index is 199. The molecule has 1 heteroatoms. The molecule has 0 heterocycles. The molecule has 2 saturated carbocycles. The van der Waals surface area contributed by atoms with Gasteiger partial charge in [0.1, 0.15) is 0 Å². The first kappa shape index (κ1) is 8.55. The van der Waals surface area contributed by atoms with Crippen molar-refractivity contribution in [2.24, 2.45) is 17.3 Å². The predicted molar refractivity (Wildman–Crippen MR) is 50.0 cm³/mol. The van der Waals surface area contributed by atoms with E-state index in [-0.39, 0.29) is 5.60 Å². The molecular formula is C11H20O. The summed E-state index contributed by atoms with van der Waals surface area (Å²) in [6.45, 7) is 7.01. The molecule has 0 spiro atoms. The number of fused-ring (bicyclic) bond motifs is 1. The van der Waals surface area contributed by atoms with E-state index in [1.165, 1.54) is 19.3 Å². The Morgan fingerprint density at radius 3 is 2.25 bits per heavy atom. The van der Waals surface area contributed by atoms with Gasteiger partial charge in [-0.1, -0.05) is 13.8 Å². The van der Waals surface area contributed by atoms with Gasteiger partial charge in [0.15, 0.2) is 0 Å². The highest BCUT2D eigenvalue weighted by Gasteiger charge is 2.67. The highest BCUT2D eigenvalue weighted by Crippen LogP contribution is 2.71. The lowest BCUT2D eigenvalue weighted by Gasteiger charge is -2.23. The van der Waals surface area contributed by atoms with Crippen molar-refractivity contribution in [3.63, 3.8) is 0 Å². The van der Waals surface area contributed by atoms with Gasteiger partial charge in [-0.2, -0.15) is 0 Å². The molecule has 0 aromatic heterocycles. The van der Waals surface area contributed by atoms with Crippen molar-refractivity contribution in [2.75, 3.05) is 7.11 Å². The summed E-state index contributed by atoms with van der Waals surface area (Å²) in [5.74, 6) is 1.70. The molecule has 70 valence electrons. The summed E-state index contributed by atoms with van der Waals surface area (Å²) in [6.07, 6.45) is 4.07. The second-order valence-corrected chi connectivity index (χ2v) is 5.16. The Hall–Kier alpha value is -0.0400. The normalized spacial score (nSPS) is 51.2. The zero-order valence-electron chi connectivity index (χ0n) is 8.68. The van der Waals surface area contributed by atoms with Crippen molar-refractivity contribution < 1.29 is 4.74 Å². The van der Waals surface area contributed by atoms with E-state index in [1.54, 1.807) is 0 Å². The first-order chi connectivity index (χ1) is 5.55. The summed E-state index contributed by atoms with van der Waals surface area (Å²) in [7, 11) is 1.87. The molecule has 2 aliphatic carbocycles. The van der Waals surface area contributed by atoms with Gasteiger partial charge in [0.2, 0.25) is 0 Å². The zero-order valence-corrected chi connectivity index (χ0v) is 8.68. The summed E-state index contributed by atoms with van der Waals surface area (Å²) >= 11 is 0. The third kappa shape index (κ3) is 0.834. The number of methoxy groups -OCH3 is 1. The SMILES string of the molecule is CO[C@@]1(C)CC[C@]2(C(C)C)C[C@H]21. The second kappa shape index (κ2) is 2.25. The molecule has 0 saturated heterocycles. The fourth-order valence-corrected chi connectivity index (χ4v) is 3.25. The fraction of sp³-hybridized carbons (Fsp3) is 1.00. The highest BCUT2D eigenvalue weighted by atomic mass is 16.5. The largest absolute Gasteiger partial charge is 0.378 e. The zero-order chi connectivity index (χ0) is 8.98. The average molecular weight is 168 g/mol. The minimum atomic E-state index is 0.213. The molecule has 0 unspecified atom stereocenters. The molecule has 3 atom stereocenters. The third-order valence-electron chi connectivity index (χ3n) is 4.56. The van der Waals surface area contributed by atoms with Crippen LogP contribution in [-0.4, -0.2) is 12.7 Å². The number of rotatable bonds is 2. The van der Waals surface area contributed by atoms with Gasteiger partial charge in [-0.15, -0.1) is 0 Å². The van der Waals surface area contributed by atoms with Crippen molar-refractivity contribution >= 4 is 0 Å². The molecule has 2 rings (SSSR count). The molecule has 0 amide bonds. The van der Waals surface area contributed by atoms with E-state index >= 15 is 0 Å². The Labute approximate surface area is 75.5 Å². The molecule has 2 aliphatic rings. The Morgan fingerprint density at radius 2 is 2.00 bits per heavy atom. The molecule has 0 N–H and O–H groups in total. The smallest absolute Gasteiger partial charge is 0.0684 e. The van der Waals surface area contributed by atoms with Gasteiger partial charge in [0, 0.05) is 7.11 Å². The molecule has 0 aliphatic heterocycles. The number of ether oxygens (including phenoxy) is 1. The van der Waals surface area contributed by atoms with Gasteiger partial charge in [0.05, 0.1) is 5.60 Å².